The van der Waals surface area contributed by atoms with Crippen molar-refractivity contribution in [2.24, 2.45) is 11.8 Å². The quantitative estimate of drug-likeness (QED) is 0.579. The number of ether oxygens (including phenoxy) is 2. The molecule has 1 saturated carbocycles. The molecule has 1 N–H and O–H groups in total. The summed E-state index contributed by atoms with van der Waals surface area (Å²) in [5, 5.41) is 3.78. The topological polar surface area (TPSA) is 97.8 Å². The maximum atomic E-state index is 12.9. The molecule has 2 aliphatic rings. The molecule has 1 amide bonds. The fourth-order valence-corrected chi connectivity index (χ4v) is 5.94. The van der Waals surface area contributed by atoms with Crippen LogP contribution in [-0.4, -0.2) is 54.5 Å². The monoisotopic (exact) mass is 487 g/mol. The predicted molar refractivity (Wildman–Crippen MR) is 131 cm³/mol. The molecule has 1 aliphatic heterocycles. The lowest BCUT2D eigenvalue weighted by Crippen LogP contribution is -2.36. The summed E-state index contributed by atoms with van der Waals surface area (Å²) in [4.78, 5) is 45.5. The highest BCUT2D eigenvalue weighted by atomic mass is 32.1. The van der Waals surface area contributed by atoms with E-state index in [1.807, 2.05) is 19.1 Å². The molecule has 4 rings (SSSR count). The molecule has 0 unspecified atom stereocenters. The maximum Gasteiger partial charge on any atom is 0.350 e. The molecule has 0 bridgehead atoms. The number of rotatable bonds is 7. The first kappa shape index (κ1) is 24.6. The Bertz CT molecular complexity index is 1040. The van der Waals surface area contributed by atoms with E-state index in [2.05, 4.69) is 10.2 Å². The second-order valence-corrected chi connectivity index (χ2v) is 10.1. The van der Waals surface area contributed by atoms with E-state index in [0.717, 1.165) is 62.7 Å². The van der Waals surface area contributed by atoms with Gasteiger partial charge in [-0.05, 0) is 57.8 Å². The van der Waals surface area contributed by atoms with Crippen LogP contribution in [0.25, 0.3) is 10.2 Å². The number of amides is 1. The number of fused-ring (bicyclic) bond motifs is 1. The first-order valence-electron chi connectivity index (χ1n) is 12.2. The van der Waals surface area contributed by atoms with Gasteiger partial charge in [0.1, 0.15) is 9.71 Å². The Morgan fingerprint density at radius 3 is 2.50 bits per heavy atom. The Kier molecular flexibility index (Phi) is 8.15. The summed E-state index contributed by atoms with van der Waals surface area (Å²) in [6, 6.07) is 3.88. The van der Waals surface area contributed by atoms with Gasteiger partial charge in [0.05, 0.1) is 31.0 Å². The first-order chi connectivity index (χ1) is 16.5. The van der Waals surface area contributed by atoms with Crippen LogP contribution in [0.4, 0.5) is 5.69 Å². The van der Waals surface area contributed by atoms with E-state index in [1.54, 1.807) is 0 Å². The molecule has 184 valence electrons. The highest BCUT2D eigenvalue weighted by Gasteiger charge is 2.28. The van der Waals surface area contributed by atoms with Crippen molar-refractivity contribution in [3.05, 3.63) is 22.7 Å². The van der Waals surface area contributed by atoms with E-state index in [4.69, 9.17) is 14.5 Å². The van der Waals surface area contributed by atoms with Gasteiger partial charge in [-0.1, -0.05) is 19.3 Å². The fraction of sp³-hybridized carbons (Fsp3) is 0.600. The van der Waals surface area contributed by atoms with Crippen molar-refractivity contribution in [1.82, 2.24) is 9.88 Å². The highest BCUT2D eigenvalue weighted by molar-refractivity contribution is 7.21. The second-order valence-electron chi connectivity index (χ2n) is 9.08. The van der Waals surface area contributed by atoms with Gasteiger partial charge in [-0.25, -0.2) is 9.78 Å². The summed E-state index contributed by atoms with van der Waals surface area (Å²) in [6.45, 7) is 4.53. The van der Waals surface area contributed by atoms with Crippen LogP contribution in [-0.2, 0) is 25.6 Å². The van der Waals surface area contributed by atoms with Crippen molar-refractivity contribution in [2.45, 2.75) is 58.4 Å². The molecule has 0 spiro atoms. The molecule has 8 nitrogen and oxygen atoms in total. The van der Waals surface area contributed by atoms with E-state index in [9.17, 15) is 14.4 Å². The Balaban J connectivity index is 1.48. The average Bonchev–Trinajstić information content (AvgIpc) is 3.22. The molecule has 1 aliphatic carbocycles. The number of pyridine rings is 1. The third-order valence-electron chi connectivity index (χ3n) is 6.80. The van der Waals surface area contributed by atoms with Gasteiger partial charge in [0.15, 0.2) is 0 Å². The normalized spacial score (nSPS) is 18.1. The number of thiophene rings is 1. The van der Waals surface area contributed by atoms with Crippen LogP contribution < -0.4 is 5.32 Å². The number of nitrogens with one attached hydrogen (secondary N) is 1. The Hall–Kier alpha value is -2.52. The van der Waals surface area contributed by atoms with Gasteiger partial charge in [0.25, 0.3) is 0 Å². The zero-order valence-corrected chi connectivity index (χ0v) is 20.7. The Morgan fingerprint density at radius 1 is 1.09 bits per heavy atom. The number of aromatic nitrogens is 1. The van der Waals surface area contributed by atoms with E-state index >= 15 is 0 Å². The molecule has 2 fully saturated rings. The number of nitrogens with zero attached hydrogens (tertiary/aromatic N) is 2. The zero-order valence-electron chi connectivity index (χ0n) is 19.9. The van der Waals surface area contributed by atoms with Crippen molar-refractivity contribution < 1.29 is 23.9 Å². The molecule has 3 heterocycles. The number of piperidine rings is 1. The van der Waals surface area contributed by atoms with Crippen molar-refractivity contribution in [2.75, 3.05) is 32.1 Å². The minimum atomic E-state index is -0.468. The molecule has 2 aromatic rings. The number of anilines is 1. The van der Waals surface area contributed by atoms with Gasteiger partial charge in [-0.15, -0.1) is 11.3 Å². The van der Waals surface area contributed by atoms with Crippen LogP contribution in [0, 0.1) is 11.8 Å². The van der Waals surface area contributed by atoms with Crippen LogP contribution >= 0.6 is 11.3 Å². The maximum absolute atomic E-state index is 12.9. The molecule has 2 aromatic heterocycles. The van der Waals surface area contributed by atoms with Crippen LogP contribution in [0.3, 0.4) is 0 Å². The first-order valence-corrected chi connectivity index (χ1v) is 13.0. The summed E-state index contributed by atoms with van der Waals surface area (Å²) in [5.41, 5.74) is 1.40. The molecule has 0 atom stereocenters. The summed E-state index contributed by atoms with van der Waals surface area (Å²) in [5.74, 6) is -0.637. The van der Waals surface area contributed by atoms with Crippen LogP contribution in [0.2, 0.25) is 0 Å². The standard InChI is InChI=1S/C25H33N3O5S/c1-3-33-24(30)17-11-13-28(14-12-17)15-18-9-10-19-20(21(25(31)32-2)34-23(19)26-18)27-22(29)16-7-5-4-6-8-16/h9-10,16-17H,3-8,11-15H2,1-2H3,(H,27,29). The molecule has 0 radical (unpaired) electrons. The van der Waals surface area contributed by atoms with Crippen molar-refractivity contribution in [3.8, 4) is 0 Å². The molecule has 0 aromatic carbocycles. The van der Waals surface area contributed by atoms with E-state index in [-0.39, 0.29) is 23.7 Å². The zero-order chi connectivity index (χ0) is 24.1. The minimum Gasteiger partial charge on any atom is -0.466 e. The van der Waals surface area contributed by atoms with Crippen molar-refractivity contribution in [1.29, 1.82) is 0 Å². The smallest absolute Gasteiger partial charge is 0.350 e. The van der Waals surface area contributed by atoms with E-state index in [1.165, 1.54) is 24.9 Å². The van der Waals surface area contributed by atoms with Crippen LogP contribution in [0.1, 0.15) is 67.2 Å². The third-order valence-corrected chi connectivity index (χ3v) is 7.88. The average molecular weight is 488 g/mol. The van der Waals surface area contributed by atoms with Gasteiger partial charge in [-0.2, -0.15) is 0 Å². The van der Waals surface area contributed by atoms with E-state index in [0.29, 0.717) is 28.5 Å². The number of hydrogen-bond donors (Lipinski definition) is 1. The van der Waals surface area contributed by atoms with Crippen LogP contribution in [0.15, 0.2) is 12.1 Å². The van der Waals surface area contributed by atoms with E-state index < -0.39 is 5.97 Å². The number of carbonyl (C=O) groups is 3. The SMILES string of the molecule is CCOC(=O)C1CCN(Cc2ccc3c(NC(=O)C4CCCCC4)c(C(=O)OC)sc3n2)CC1. The van der Waals surface area contributed by atoms with Gasteiger partial charge < -0.3 is 14.8 Å². The Labute approximate surface area is 204 Å². The molecular weight excluding hydrogens is 454 g/mol. The van der Waals surface area contributed by atoms with Crippen LogP contribution in [0.5, 0.6) is 0 Å². The largest absolute Gasteiger partial charge is 0.466 e. The summed E-state index contributed by atoms with van der Waals surface area (Å²) in [7, 11) is 1.35. The molecular formula is C25H33N3O5S. The second kappa shape index (κ2) is 11.3. The number of likely N-dealkylation sites (tertiary alicyclic amines) is 1. The third kappa shape index (κ3) is 5.58. The molecule has 34 heavy (non-hydrogen) atoms. The fourth-order valence-electron chi connectivity index (χ4n) is 4.87. The van der Waals surface area contributed by atoms with Gasteiger partial charge in [0.2, 0.25) is 5.91 Å². The number of carbonyl (C=O) groups excluding carboxylic acids is 3. The number of methoxy groups -OCH3 is 1. The van der Waals surface area contributed by atoms with Gasteiger partial charge >= 0.3 is 11.9 Å². The predicted octanol–water partition coefficient (Wildman–Crippen LogP) is 4.38. The van der Waals surface area contributed by atoms with Gasteiger partial charge in [0, 0.05) is 17.8 Å². The highest BCUT2D eigenvalue weighted by Crippen LogP contribution is 2.37. The summed E-state index contributed by atoms with van der Waals surface area (Å²) >= 11 is 1.25. The lowest BCUT2D eigenvalue weighted by molar-refractivity contribution is -0.149. The minimum absolute atomic E-state index is 0.0148. The molecule has 9 heteroatoms. The molecule has 1 saturated heterocycles. The van der Waals surface area contributed by atoms with Gasteiger partial charge in [-0.3, -0.25) is 14.5 Å². The summed E-state index contributed by atoms with van der Waals surface area (Å²) in [6.07, 6.45) is 6.63. The lowest BCUT2D eigenvalue weighted by atomic mass is 9.88. The number of esters is 2. The summed E-state index contributed by atoms with van der Waals surface area (Å²) < 4.78 is 10.1. The van der Waals surface area contributed by atoms with Crippen molar-refractivity contribution >= 4 is 45.1 Å². The Morgan fingerprint density at radius 2 is 1.82 bits per heavy atom. The lowest BCUT2D eigenvalue weighted by Gasteiger charge is -2.30. The number of hydrogen-bond acceptors (Lipinski definition) is 8. The van der Waals surface area contributed by atoms with Crippen molar-refractivity contribution in [3.63, 3.8) is 0 Å².